The Morgan fingerprint density at radius 2 is 2.25 bits per heavy atom. The molecule has 0 spiro atoms. The Kier molecular flexibility index (Phi) is 3.54. The van der Waals surface area contributed by atoms with Crippen molar-refractivity contribution in [3.05, 3.63) is 53.3 Å². The van der Waals surface area contributed by atoms with E-state index in [-0.39, 0.29) is 11.9 Å². The van der Waals surface area contributed by atoms with Crippen LogP contribution in [-0.4, -0.2) is 15.7 Å². The maximum Gasteiger partial charge on any atom is 0.272 e. The maximum absolute atomic E-state index is 12.3. The number of amides is 1. The molecule has 1 N–H and O–H groups in total. The van der Waals surface area contributed by atoms with E-state index in [0.717, 1.165) is 25.8 Å². The zero-order valence-corrected chi connectivity index (χ0v) is 11.7. The minimum absolute atomic E-state index is 0.0843. The van der Waals surface area contributed by atoms with Gasteiger partial charge in [0.15, 0.2) is 0 Å². The summed E-state index contributed by atoms with van der Waals surface area (Å²) in [5, 5.41) is 7.37. The van der Waals surface area contributed by atoms with Crippen molar-refractivity contribution in [3.63, 3.8) is 0 Å². The minimum Gasteiger partial charge on any atom is -0.344 e. The van der Waals surface area contributed by atoms with Crippen molar-refractivity contribution < 1.29 is 4.79 Å². The second kappa shape index (κ2) is 5.49. The summed E-state index contributed by atoms with van der Waals surface area (Å²) >= 11 is 0. The fraction of sp³-hybridized carbons (Fsp3) is 0.375. The van der Waals surface area contributed by atoms with E-state index in [0.29, 0.717) is 5.69 Å². The number of carbonyl (C=O) groups is 1. The number of fused-ring (bicyclic) bond motifs is 1. The Balaban J connectivity index is 1.77. The molecule has 1 aliphatic carbocycles. The van der Waals surface area contributed by atoms with E-state index in [4.69, 9.17) is 0 Å². The van der Waals surface area contributed by atoms with E-state index in [9.17, 15) is 4.79 Å². The highest BCUT2D eigenvalue weighted by molar-refractivity contribution is 5.92. The highest BCUT2D eigenvalue weighted by Crippen LogP contribution is 2.29. The number of carbonyl (C=O) groups excluding carboxylic acids is 1. The summed E-state index contributed by atoms with van der Waals surface area (Å²) in [5.41, 5.74) is 3.10. The van der Waals surface area contributed by atoms with Crippen molar-refractivity contribution in [1.82, 2.24) is 15.1 Å². The zero-order valence-electron chi connectivity index (χ0n) is 11.7. The van der Waals surface area contributed by atoms with Crippen LogP contribution >= 0.6 is 0 Å². The van der Waals surface area contributed by atoms with Crippen LogP contribution < -0.4 is 5.32 Å². The number of hydrogen-bond acceptors (Lipinski definition) is 2. The Labute approximate surface area is 118 Å². The predicted octanol–water partition coefficient (Wildman–Crippen LogP) is 2.71. The summed E-state index contributed by atoms with van der Waals surface area (Å²) in [5.74, 6) is -0.0843. The lowest BCUT2D eigenvalue weighted by Crippen LogP contribution is -2.31. The van der Waals surface area contributed by atoms with Gasteiger partial charge in [-0.1, -0.05) is 24.3 Å². The van der Waals surface area contributed by atoms with Crippen LogP contribution in [0.2, 0.25) is 0 Å². The SMILES string of the molecule is CCn1ccc(C(=O)N[C@H]2CCCc3ccccc32)n1. The van der Waals surface area contributed by atoms with Gasteiger partial charge in [-0.05, 0) is 43.4 Å². The van der Waals surface area contributed by atoms with Gasteiger partial charge in [0, 0.05) is 12.7 Å². The molecule has 3 rings (SSSR count). The van der Waals surface area contributed by atoms with Gasteiger partial charge in [-0.3, -0.25) is 9.48 Å². The third-order valence-electron chi connectivity index (χ3n) is 3.87. The molecule has 0 saturated carbocycles. The molecule has 0 radical (unpaired) electrons. The summed E-state index contributed by atoms with van der Waals surface area (Å²) in [7, 11) is 0. The molecule has 2 aromatic rings. The molecule has 1 aliphatic rings. The molecule has 0 aliphatic heterocycles. The quantitative estimate of drug-likeness (QED) is 0.931. The van der Waals surface area contributed by atoms with E-state index in [1.165, 1.54) is 11.1 Å². The molecule has 4 nitrogen and oxygen atoms in total. The largest absolute Gasteiger partial charge is 0.344 e. The van der Waals surface area contributed by atoms with Crippen LogP contribution in [0.1, 0.15) is 47.4 Å². The Hall–Kier alpha value is -2.10. The van der Waals surface area contributed by atoms with Gasteiger partial charge in [0.2, 0.25) is 0 Å². The molecule has 1 atom stereocenters. The van der Waals surface area contributed by atoms with Crippen LogP contribution in [0.4, 0.5) is 0 Å². The fourth-order valence-electron chi connectivity index (χ4n) is 2.79. The van der Waals surface area contributed by atoms with E-state index in [1.807, 2.05) is 19.2 Å². The summed E-state index contributed by atoms with van der Waals surface area (Å²) in [6, 6.07) is 10.2. The third kappa shape index (κ3) is 2.46. The first-order valence-electron chi connectivity index (χ1n) is 7.20. The summed E-state index contributed by atoms with van der Waals surface area (Å²) < 4.78 is 1.77. The van der Waals surface area contributed by atoms with Gasteiger partial charge in [-0.25, -0.2) is 0 Å². The highest BCUT2D eigenvalue weighted by Gasteiger charge is 2.22. The average molecular weight is 269 g/mol. The molecular weight excluding hydrogens is 250 g/mol. The molecule has 4 heteroatoms. The number of rotatable bonds is 3. The molecule has 104 valence electrons. The first kappa shape index (κ1) is 12.9. The van der Waals surface area contributed by atoms with Crippen molar-refractivity contribution in [2.75, 3.05) is 0 Å². The molecule has 0 fully saturated rings. The van der Waals surface area contributed by atoms with Crippen molar-refractivity contribution in [2.45, 2.75) is 38.8 Å². The topological polar surface area (TPSA) is 46.9 Å². The summed E-state index contributed by atoms with van der Waals surface area (Å²) in [6.45, 7) is 2.78. The number of aryl methyl sites for hydroxylation is 2. The molecule has 1 heterocycles. The maximum atomic E-state index is 12.3. The summed E-state index contributed by atoms with van der Waals surface area (Å²) in [6.07, 6.45) is 5.05. The van der Waals surface area contributed by atoms with Crippen LogP contribution in [-0.2, 0) is 13.0 Å². The predicted molar refractivity (Wildman–Crippen MR) is 77.5 cm³/mol. The Morgan fingerprint density at radius 1 is 1.40 bits per heavy atom. The van der Waals surface area contributed by atoms with Gasteiger partial charge in [0.05, 0.1) is 6.04 Å². The van der Waals surface area contributed by atoms with Crippen LogP contribution in [0.3, 0.4) is 0 Å². The molecule has 1 amide bonds. The first-order valence-corrected chi connectivity index (χ1v) is 7.20. The fourth-order valence-corrected chi connectivity index (χ4v) is 2.79. The molecule has 0 saturated heterocycles. The van der Waals surface area contributed by atoms with Crippen molar-refractivity contribution in [1.29, 1.82) is 0 Å². The van der Waals surface area contributed by atoms with Gasteiger partial charge in [0.1, 0.15) is 5.69 Å². The lowest BCUT2D eigenvalue weighted by Gasteiger charge is -2.26. The van der Waals surface area contributed by atoms with E-state index >= 15 is 0 Å². The lowest BCUT2D eigenvalue weighted by atomic mass is 9.88. The van der Waals surface area contributed by atoms with Gasteiger partial charge in [0.25, 0.3) is 5.91 Å². The number of aromatic nitrogens is 2. The van der Waals surface area contributed by atoms with Crippen molar-refractivity contribution >= 4 is 5.91 Å². The standard InChI is InChI=1S/C16H19N3O/c1-2-19-11-10-15(18-19)16(20)17-14-9-5-7-12-6-3-4-8-13(12)14/h3-4,6,8,10-11,14H,2,5,7,9H2,1H3,(H,17,20)/t14-/m0/s1. The molecule has 1 aromatic carbocycles. The molecule has 20 heavy (non-hydrogen) atoms. The molecule has 0 unspecified atom stereocenters. The first-order chi connectivity index (χ1) is 9.78. The van der Waals surface area contributed by atoms with E-state index < -0.39 is 0 Å². The number of nitrogens with zero attached hydrogens (tertiary/aromatic N) is 2. The number of hydrogen-bond donors (Lipinski definition) is 1. The van der Waals surface area contributed by atoms with Crippen molar-refractivity contribution in [3.8, 4) is 0 Å². The van der Waals surface area contributed by atoms with E-state index in [2.05, 4.69) is 28.6 Å². The second-order valence-corrected chi connectivity index (χ2v) is 5.17. The van der Waals surface area contributed by atoms with Crippen LogP contribution in [0, 0.1) is 0 Å². The Bertz CT molecular complexity index is 618. The van der Waals surface area contributed by atoms with Crippen molar-refractivity contribution in [2.24, 2.45) is 0 Å². The minimum atomic E-state index is -0.0843. The normalized spacial score (nSPS) is 17.6. The highest BCUT2D eigenvalue weighted by atomic mass is 16.2. The van der Waals surface area contributed by atoms with Crippen LogP contribution in [0.15, 0.2) is 36.5 Å². The number of benzene rings is 1. The third-order valence-corrected chi connectivity index (χ3v) is 3.87. The number of nitrogens with one attached hydrogen (secondary N) is 1. The summed E-state index contributed by atoms with van der Waals surface area (Å²) in [4.78, 5) is 12.3. The zero-order chi connectivity index (χ0) is 13.9. The second-order valence-electron chi connectivity index (χ2n) is 5.17. The van der Waals surface area contributed by atoms with Gasteiger partial charge in [-0.15, -0.1) is 0 Å². The average Bonchev–Trinajstić information content (AvgIpc) is 2.97. The Morgan fingerprint density at radius 3 is 3.05 bits per heavy atom. The van der Waals surface area contributed by atoms with E-state index in [1.54, 1.807) is 10.7 Å². The lowest BCUT2D eigenvalue weighted by molar-refractivity contribution is 0.0927. The van der Waals surface area contributed by atoms with Crippen LogP contribution in [0.5, 0.6) is 0 Å². The van der Waals surface area contributed by atoms with Crippen LogP contribution in [0.25, 0.3) is 0 Å². The molecule has 1 aromatic heterocycles. The van der Waals surface area contributed by atoms with Gasteiger partial charge >= 0.3 is 0 Å². The smallest absolute Gasteiger partial charge is 0.272 e. The molecular formula is C16H19N3O. The van der Waals surface area contributed by atoms with Gasteiger partial charge < -0.3 is 5.32 Å². The van der Waals surface area contributed by atoms with Gasteiger partial charge in [-0.2, -0.15) is 5.10 Å². The monoisotopic (exact) mass is 269 g/mol. The molecule has 0 bridgehead atoms.